The number of rotatable bonds is 4. The summed E-state index contributed by atoms with van der Waals surface area (Å²) in [5.41, 5.74) is 0. The van der Waals surface area contributed by atoms with Crippen LogP contribution in [0.4, 0.5) is 0 Å². The highest BCUT2D eigenvalue weighted by Gasteiger charge is 2.25. The Morgan fingerprint density at radius 3 is 2.73 bits per heavy atom. The maximum Gasteiger partial charge on any atom is 0.251 e. The number of nitrogens with one attached hydrogen (secondary N) is 1. The van der Waals surface area contributed by atoms with Crippen LogP contribution < -0.4 is 5.32 Å². The third kappa shape index (κ3) is 3.77. The first-order chi connectivity index (χ1) is 7.15. The Kier molecular flexibility index (Phi) is 5.01. The summed E-state index contributed by atoms with van der Waals surface area (Å²) in [5, 5.41) is 11.8. The molecule has 2 N–H and O–H groups in total. The maximum atomic E-state index is 11.6. The molecule has 1 rings (SSSR count). The molecule has 0 saturated carbocycles. The molecule has 2 atom stereocenters. The molecule has 1 aliphatic rings. The first-order valence-electron chi connectivity index (χ1n) is 5.25. The van der Waals surface area contributed by atoms with Gasteiger partial charge in [-0.3, -0.25) is 4.79 Å². The fourth-order valence-corrected chi connectivity index (χ4v) is 1.34. The monoisotopic (exact) mass is 217 g/mol. The van der Waals surface area contributed by atoms with Crippen LogP contribution in [-0.4, -0.2) is 49.6 Å². The summed E-state index contributed by atoms with van der Waals surface area (Å²) < 4.78 is 10.4. The molecular formula is C10H19NO4. The van der Waals surface area contributed by atoms with Crippen molar-refractivity contribution >= 4 is 5.91 Å². The minimum atomic E-state index is -0.536. The van der Waals surface area contributed by atoms with Gasteiger partial charge in [0.1, 0.15) is 0 Å². The molecule has 0 aromatic heterocycles. The number of carbonyl (C=O) groups is 1. The largest absolute Gasteiger partial charge is 0.394 e. The lowest BCUT2D eigenvalue weighted by Crippen LogP contribution is -2.49. The lowest BCUT2D eigenvalue weighted by Gasteiger charge is -2.26. The van der Waals surface area contributed by atoms with Crippen LogP contribution in [0.2, 0.25) is 0 Å². The van der Waals surface area contributed by atoms with Crippen LogP contribution >= 0.6 is 0 Å². The molecule has 1 amide bonds. The Hall–Kier alpha value is -0.650. The second-order valence-electron chi connectivity index (χ2n) is 3.98. The van der Waals surface area contributed by atoms with Crippen molar-refractivity contribution in [2.24, 2.45) is 5.92 Å². The van der Waals surface area contributed by atoms with Crippen molar-refractivity contribution < 1.29 is 19.4 Å². The quantitative estimate of drug-likeness (QED) is 0.668. The standard InChI is InChI=1S/C10H19NO4/c1-7(2)8(5-12)11-10(13)9-6-14-3-4-15-9/h7-9,12H,3-6H2,1-2H3,(H,11,13)/t8-,9?/m1/s1. The predicted molar refractivity (Wildman–Crippen MR) is 54.4 cm³/mol. The van der Waals surface area contributed by atoms with Gasteiger partial charge in [-0.1, -0.05) is 13.8 Å². The fourth-order valence-electron chi connectivity index (χ4n) is 1.34. The van der Waals surface area contributed by atoms with Gasteiger partial charge in [-0.15, -0.1) is 0 Å². The molecule has 1 heterocycles. The van der Waals surface area contributed by atoms with Crippen LogP contribution in [0.25, 0.3) is 0 Å². The summed E-state index contributed by atoms with van der Waals surface area (Å²) >= 11 is 0. The average Bonchev–Trinajstić information content (AvgIpc) is 2.26. The smallest absolute Gasteiger partial charge is 0.251 e. The number of hydrogen-bond donors (Lipinski definition) is 2. The van der Waals surface area contributed by atoms with E-state index in [1.807, 2.05) is 13.8 Å². The van der Waals surface area contributed by atoms with Crippen LogP contribution in [0.3, 0.4) is 0 Å². The molecular weight excluding hydrogens is 198 g/mol. The van der Waals surface area contributed by atoms with E-state index in [4.69, 9.17) is 14.6 Å². The molecule has 88 valence electrons. The van der Waals surface area contributed by atoms with Crippen molar-refractivity contribution in [1.82, 2.24) is 5.32 Å². The molecule has 1 saturated heterocycles. The van der Waals surface area contributed by atoms with Gasteiger partial charge in [0.25, 0.3) is 5.91 Å². The Balaban J connectivity index is 2.38. The highest BCUT2D eigenvalue weighted by atomic mass is 16.6. The zero-order valence-electron chi connectivity index (χ0n) is 9.23. The second kappa shape index (κ2) is 6.05. The molecule has 5 heteroatoms. The number of carbonyl (C=O) groups excluding carboxylic acids is 1. The summed E-state index contributed by atoms with van der Waals surface area (Å²) in [5.74, 6) is -0.00842. The number of amides is 1. The van der Waals surface area contributed by atoms with Gasteiger partial charge in [0.05, 0.1) is 32.5 Å². The summed E-state index contributed by atoms with van der Waals surface area (Å²) in [7, 11) is 0. The molecule has 5 nitrogen and oxygen atoms in total. The van der Waals surface area contributed by atoms with E-state index in [-0.39, 0.29) is 24.5 Å². The Bertz CT molecular complexity index is 202. The SMILES string of the molecule is CC(C)[C@@H](CO)NC(=O)C1COCCO1. The maximum absolute atomic E-state index is 11.6. The summed E-state index contributed by atoms with van der Waals surface area (Å²) in [4.78, 5) is 11.6. The van der Waals surface area contributed by atoms with Gasteiger partial charge >= 0.3 is 0 Å². The number of aliphatic hydroxyl groups is 1. The topological polar surface area (TPSA) is 67.8 Å². The lowest BCUT2D eigenvalue weighted by atomic mass is 10.1. The van der Waals surface area contributed by atoms with Crippen molar-refractivity contribution in [3.63, 3.8) is 0 Å². The number of hydrogen-bond acceptors (Lipinski definition) is 4. The van der Waals surface area contributed by atoms with E-state index in [2.05, 4.69) is 5.32 Å². The molecule has 0 aromatic carbocycles. The average molecular weight is 217 g/mol. The van der Waals surface area contributed by atoms with Gasteiger partial charge in [-0.25, -0.2) is 0 Å². The molecule has 1 aliphatic heterocycles. The molecule has 0 aromatic rings. The van der Waals surface area contributed by atoms with Crippen LogP contribution in [0.1, 0.15) is 13.8 Å². The molecule has 15 heavy (non-hydrogen) atoms. The van der Waals surface area contributed by atoms with Crippen molar-refractivity contribution in [3.8, 4) is 0 Å². The molecule has 1 fully saturated rings. The molecule has 0 bridgehead atoms. The van der Waals surface area contributed by atoms with Crippen LogP contribution in [-0.2, 0) is 14.3 Å². The van der Waals surface area contributed by atoms with E-state index in [0.717, 1.165) is 0 Å². The third-order valence-corrected chi connectivity index (χ3v) is 2.44. The Labute approximate surface area is 89.8 Å². The van der Waals surface area contributed by atoms with Crippen molar-refractivity contribution in [2.75, 3.05) is 26.4 Å². The van der Waals surface area contributed by atoms with Crippen molar-refractivity contribution in [3.05, 3.63) is 0 Å². The molecule has 0 spiro atoms. The predicted octanol–water partition coefficient (Wildman–Crippen LogP) is -0.465. The van der Waals surface area contributed by atoms with Gasteiger partial charge in [-0.2, -0.15) is 0 Å². The summed E-state index contributed by atoms with van der Waals surface area (Å²) in [6.45, 7) is 5.11. The van der Waals surface area contributed by atoms with E-state index in [1.54, 1.807) is 0 Å². The Morgan fingerprint density at radius 2 is 2.27 bits per heavy atom. The van der Waals surface area contributed by atoms with E-state index in [0.29, 0.717) is 19.8 Å². The Morgan fingerprint density at radius 1 is 1.53 bits per heavy atom. The van der Waals surface area contributed by atoms with Gasteiger partial charge in [0.15, 0.2) is 6.10 Å². The minimum absolute atomic E-state index is 0.0585. The number of aliphatic hydroxyl groups excluding tert-OH is 1. The van der Waals surface area contributed by atoms with Crippen LogP contribution in [0.5, 0.6) is 0 Å². The van der Waals surface area contributed by atoms with Gasteiger partial charge in [0, 0.05) is 0 Å². The zero-order valence-corrected chi connectivity index (χ0v) is 9.23. The van der Waals surface area contributed by atoms with E-state index < -0.39 is 6.10 Å². The van der Waals surface area contributed by atoms with E-state index in [1.165, 1.54) is 0 Å². The number of ether oxygens (including phenoxy) is 2. The fraction of sp³-hybridized carbons (Fsp3) is 0.900. The van der Waals surface area contributed by atoms with Crippen LogP contribution in [0.15, 0.2) is 0 Å². The van der Waals surface area contributed by atoms with Gasteiger partial charge in [0.2, 0.25) is 0 Å². The van der Waals surface area contributed by atoms with E-state index >= 15 is 0 Å². The third-order valence-electron chi connectivity index (χ3n) is 2.44. The first-order valence-corrected chi connectivity index (χ1v) is 5.25. The van der Waals surface area contributed by atoms with Gasteiger partial charge < -0.3 is 19.9 Å². The summed E-state index contributed by atoms with van der Waals surface area (Å²) in [6.07, 6.45) is -0.536. The van der Waals surface area contributed by atoms with Crippen molar-refractivity contribution in [2.45, 2.75) is 26.0 Å². The van der Waals surface area contributed by atoms with Crippen LogP contribution in [0, 0.1) is 5.92 Å². The van der Waals surface area contributed by atoms with E-state index in [9.17, 15) is 4.79 Å². The highest BCUT2D eigenvalue weighted by molar-refractivity contribution is 5.81. The van der Waals surface area contributed by atoms with Gasteiger partial charge in [-0.05, 0) is 5.92 Å². The highest BCUT2D eigenvalue weighted by Crippen LogP contribution is 2.04. The normalized spacial score (nSPS) is 23.9. The molecule has 1 unspecified atom stereocenters. The summed E-state index contributed by atoms with van der Waals surface area (Å²) in [6, 6.07) is -0.219. The molecule has 0 radical (unpaired) electrons. The lowest BCUT2D eigenvalue weighted by molar-refractivity contribution is -0.148. The minimum Gasteiger partial charge on any atom is -0.394 e. The van der Waals surface area contributed by atoms with Crippen molar-refractivity contribution in [1.29, 1.82) is 0 Å². The second-order valence-corrected chi connectivity index (χ2v) is 3.98. The first kappa shape index (κ1) is 12.4. The zero-order chi connectivity index (χ0) is 11.3. The molecule has 0 aliphatic carbocycles.